The van der Waals surface area contributed by atoms with Crippen LogP contribution in [0, 0.1) is 0 Å². The minimum atomic E-state index is 0.280. The van der Waals surface area contributed by atoms with Gasteiger partial charge in [0.25, 0.3) is 0 Å². The van der Waals surface area contributed by atoms with Gasteiger partial charge in [0.2, 0.25) is 0 Å². The first-order valence-corrected chi connectivity index (χ1v) is 6.54. The lowest BCUT2D eigenvalue weighted by Gasteiger charge is -2.14. The highest BCUT2D eigenvalue weighted by Crippen LogP contribution is 2.13. The Hall–Kier alpha value is -2.56. The van der Waals surface area contributed by atoms with E-state index in [-0.39, 0.29) is 6.04 Å². The summed E-state index contributed by atoms with van der Waals surface area (Å²) in [5.74, 6) is 1.83. The molecule has 1 unspecified atom stereocenters. The molecule has 0 radical (unpaired) electrons. The molecule has 0 bridgehead atoms. The van der Waals surface area contributed by atoms with E-state index in [1.54, 1.807) is 18.8 Å². The smallest absolute Gasteiger partial charge is 0.137 e. The van der Waals surface area contributed by atoms with Crippen LogP contribution in [0.5, 0.6) is 0 Å². The first kappa shape index (κ1) is 12.5. The van der Waals surface area contributed by atoms with Gasteiger partial charge in [0.05, 0.1) is 18.1 Å². The molecule has 0 aliphatic rings. The number of rotatable bonds is 5. The highest BCUT2D eigenvalue weighted by Gasteiger charge is 2.06. The van der Waals surface area contributed by atoms with Crippen molar-refractivity contribution in [2.75, 3.05) is 5.32 Å². The van der Waals surface area contributed by atoms with Crippen molar-refractivity contribution in [1.29, 1.82) is 0 Å². The number of anilines is 1. The Morgan fingerprint density at radius 3 is 2.95 bits per heavy atom. The number of nitrogens with zero attached hydrogens (tertiary/aromatic N) is 3. The zero-order chi connectivity index (χ0) is 13.8. The molecule has 0 saturated carbocycles. The molecule has 20 heavy (non-hydrogen) atoms. The van der Waals surface area contributed by atoms with Crippen LogP contribution in [-0.2, 0) is 6.42 Å². The van der Waals surface area contributed by atoms with Crippen LogP contribution in [-0.4, -0.2) is 20.6 Å². The van der Waals surface area contributed by atoms with Gasteiger partial charge in [0, 0.05) is 24.9 Å². The van der Waals surface area contributed by atoms with E-state index in [4.69, 9.17) is 4.42 Å². The summed E-state index contributed by atoms with van der Waals surface area (Å²) in [6.45, 7) is 2.12. The second-order valence-electron chi connectivity index (χ2n) is 4.70. The van der Waals surface area contributed by atoms with Crippen LogP contribution < -0.4 is 5.32 Å². The predicted octanol–water partition coefficient (Wildman–Crippen LogP) is 2.90. The molecule has 3 aromatic heterocycles. The number of imidazole rings is 1. The summed E-state index contributed by atoms with van der Waals surface area (Å²) in [7, 11) is 0. The molecule has 5 heteroatoms. The van der Waals surface area contributed by atoms with Crippen molar-refractivity contribution in [2.45, 2.75) is 19.4 Å². The van der Waals surface area contributed by atoms with E-state index < -0.39 is 0 Å². The molecule has 1 N–H and O–H groups in total. The van der Waals surface area contributed by atoms with Crippen molar-refractivity contribution in [3.8, 4) is 5.82 Å². The van der Waals surface area contributed by atoms with E-state index in [0.29, 0.717) is 0 Å². The third-order valence-electron chi connectivity index (χ3n) is 3.02. The van der Waals surface area contributed by atoms with E-state index in [9.17, 15) is 0 Å². The van der Waals surface area contributed by atoms with Gasteiger partial charge < -0.3 is 9.73 Å². The molecule has 0 spiro atoms. The maximum atomic E-state index is 5.34. The Morgan fingerprint density at radius 2 is 2.30 bits per heavy atom. The van der Waals surface area contributed by atoms with Crippen LogP contribution in [0.15, 0.2) is 59.9 Å². The second kappa shape index (κ2) is 5.61. The highest BCUT2D eigenvalue weighted by molar-refractivity contribution is 5.44. The maximum absolute atomic E-state index is 5.34. The van der Waals surface area contributed by atoms with Gasteiger partial charge in [-0.1, -0.05) is 0 Å². The molecule has 3 heterocycles. The number of hydrogen-bond donors (Lipinski definition) is 1. The summed E-state index contributed by atoms with van der Waals surface area (Å²) in [4.78, 5) is 8.42. The van der Waals surface area contributed by atoms with E-state index >= 15 is 0 Å². The lowest BCUT2D eigenvalue weighted by atomic mass is 10.2. The third kappa shape index (κ3) is 2.88. The van der Waals surface area contributed by atoms with E-state index in [1.807, 2.05) is 41.2 Å². The van der Waals surface area contributed by atoms with Gasteiger partial charge in [0.1, 0.15) is 17.9 Å². The summed E-state index contributed by atoms with van der Waals surface area (Å²) in [6, 6.07) is 8.15. The number of furan rings is 1. The Balaban J connectivity index is 1.63. The van der Waals surface area contributed by atoms with Crippen LogP contribution in [0.25, 0.3) is 5.82 Å². The summed E-state index contributed by atoms with van der Waals surface area (Å²) in [5, 5.41) is 3.41. The topological polar surface area (TPSA) is 55.9 Å². The predicted molar refractivity (Wildman–Crippen MR) is 76.9 cm³/mol. The molecule has 0 saturated heterocycles. The highest BCUT2D eigenvalue weighted by atomic mass is 16.3. The van der Waals surface area contributed by atoms with Gasteiger partial charge in [-0.05, 0) is 31.2 Å². The molecular formula is C15H16N4O. The Kier molecular flexibility index (Phi) is 3.50. The van der Waals surface area contributed by atoms with Gasteiger partial charge in [0.15, 0.2) is 0 Å². The zero-order valence-corrected chi connectivity index (χ0v) is 11.2. The van der Waals surface area contributed by atoms with Crippen LogP contribution in [0.4, 0.5) is 5.69 Å². The molecule has 0 aliphatic carbocycles. The number of nitrogens with one attached hydrogen (secondary N) is 1. The maximum Gasteiger partial charge on any atom is 0.137 e. The number of hydrogen-bond acceptors (Lipinski definition) is 4. The molecule has 3 rings (SSSR count). The van der Waals surface area contributed by atoms with Crippen LogP contribution in [0.3, 0.4) is 0 Å². The first-order chi connectivity index (χ1) is 9.81. The molecular weight excluding hydrogens is 252 g/mol. The summed E-state index contributed by atoms with van der Waals surface area (Å²) in [5.41, 5.74) is 0.993. The standard InChI is InChI=1S/C15H16N4O/c1-12(9-14-3-2-8-20-14)18-13-4-5-15(17-10-13)19-7-6-16-11-19/h2-8,10-12,18H,9H2,1H3. The van der Waals surface area contributed by atoms with Crippen molar-refractivity contribution in [1.82, 2.24) is 14.5 Å². The number of pyridine rings is 1. The minimum Gasteiger partial charge on any atom is -0.469 e. The molecule has 5 nitrogen and oxygen atoms in total. The van der Waals surface area contributed by atoms with Crippen molar-refractivity contribution in [2.24, 2.45) is 0 Å². The van der Waals surface area contributed by atoms with Crippen molar-refractivity contribution < 1.29 is 4.42 Å². The van der Waals surface area contributed by atoms with Gasteiger partial charge in [-0.25, -0.2) is 9.97 Å². The summed E-state index contributed by atoms with van der Waals surface area (Å²) < 4.78 is 7.22. The van der Waals surface area contributed by atoms with Crippen molar-refractivity contribution >= 4 is 5.69 Å². The Morgan fingerprint density at radius 1 is 1.35 bits per heavy atom. The molecule has 3 aromatic rings. The largest absolute Gasteiger partial charge is 0.469 e. The fourth-order valence-electron chi connectivity index (χ4n) is 2.08. The number of aromatic nitrogens is 3. The van der Waals surface area contributed by atoms with Crippen molar-refractivity contribution in [3.63, 3.8) is 0 Å². The van der Waals surface area contributed by atoms with Crippen LogP contribution >= 0.6 is 0 Å². The van der Waals surface area contributed by atoms with Gasteiger partial charge in [-0.3, -0.25) is 4.57 Å². The van der Waals surface area contributed by atoms with Gasteiger partial charge in [-0.2, -0.15) is 0 Å². The molecule has 0 amide bonds. The van der Waals surface area contributed by atoms with Gasteiger partial charge in [-0.15, -0.1) is 0 Å². The molecule has 102 valence electrons. The van der Waals surface area contributed by atoms with E-state index in [2.05, 4.69) is 22.2 Å². The van der Waals surface area contributed by atoms with Gasteiger partial charge >= 0.3 is 0 Å². The Bertz CT molecular complexity index is 629. The van der Waals surface area contributed by atoms with Crippen molar-refractivity contribution in [3.05, 3.63) is 61.2 Å². The zero-order valence-electron chi connectivity index (χ0n) is 11.2. The minimum absolute atomic E-state index is 0.280. The molecule has 0 aromatic carbocycles. The SMILES string of the molecule is CC(Cc1ccco1)Nc1ccc(-n2ccnc2)nc1. The lowest BCUT2D eigenvalue weighted by molar-refractivity contribution is 0.498. The Labute approximate surface area is 117 Å². The normalized spacial score (nSPS) is 12.2. The summed E-state index contributed by atoms with van der Waals surface area (Å²) in [6.07, 6.45) is 9.71. The molecule has 0 fully saturated rings. The van der Waals surface area contributed by atoms with E-state index in [1.165, 1.54) is 0 Å². The van der Waals surface area contributed by atoms with E-state index in [0.717, 1.165) is 23.7 Å². The molecule has 0 aliphatic heterocycles. The average Bonchev–Trinajstić information content (AvgIpc) is 3.12. The first-order valence-electron chi connectivity index (χ1n) is 6.54. The third-order valence-corrected chi connectivity index (χ3v) is 3.02. The second-order valence-corrected chi connectivity index (χ2v) is 4.70. The quantitative estimate of drug-likeness (QED) is 0.773. The summed E-state index contributed by atoms with van der Waals surface area (Å²) >= 11 is 0. The van der Waals surface area contributed by atoms with Crippen LogP contribution in [0.1, 0.15) is 12.7 Å². The van der Waals surface area contributed by atoms with Crippen LogP contribution in [0.2, 0.25) is 0 Å². The average molecular weight is 268 g/mol. The lowest BCUT2D eigenvalue weighted by Crippen LogP contribution is -2.17. The fraction of sp³-hybridized carbons (Fsp3) is 0.200. The fourth-order valence-corrected chi connectivity index (χ4v) is 2.08. The molecule has 1 atom stereocenters. The monoisotopic (exact) mass is 268 g/mol.